The smallest absolute Gasteiger partial charge is 0.271 e. The van der Waals surface area contributed by atoms with E-state index in [9.17, 15) is 13.2 Å². The number of rotatable bonds is 8. The predicted molar refractivity (Wildman–Crippen MR) is 110 cm³/mol. The van der Waals surface area contributed by atoms with Gasteiger partial charge in [0.05, 0.1) is 12.5 Å². The van der Waals surface area contributed by atoms with Gasteiger partial charge in [-0.25, -0.2) is 13.8 Å². The highest BCUT2D eigenvalue weighted by Gasteiger charge is 2.06. The van der Waals surface area contributed by atoms with Crippen molar-refractivity contribution < 1.29 is 13.2 Å². The Morgan fingerprint density at radius 3 is 2.15 bits per heavy atom. The van der Waals surface area contributed by atoms with Crippen LogP contribution in [0.15, 0.2) is 53.6 Å². The molecule has 0 unspecified atom stereocenters. The summed E-state index contributed by atoms with van der Waals surface area (Å²) in [5, 5.41) is 3.96. The number of nitrogens with zero attached hydrogens (tertiary/aromatic N) is 2. The van der Waals surface area contributed by atoms with Gasteiger partial charge in [0.15, 0.2) is 0 Å². The van der Waals surface area contributed by atoms with Crippen LogP contribution in [0, 0.1) is 0 Å². The first-order valence-corrected chi connectivity index (χ1v) is 10.5. The fourth-order valence-electron chi connectivity index (χ4n) is 2.49. The van der Waals surface area contributed by atoms with Crippen LogP contribution in [0.4, 0.5) is 11.4 Å². The van der Waals surface area contributed by atoms with Crippen molar-refractivity contribution in [2.45, 2.75) is 13.8 Å². The quantitative estimate of drug-likeness (QED) is 0.537. The van der Waals surface area contributed by atoms with E-state index in [1.807, 2.05) is 24.3 Å². The van der Waals surface area contributed by atoms with Crippen LogP contribution < -0.4 is 15.0 Å². The predicted octanol–water partition coefficient (Wildman–Crippen LogP) is 2.67. The van der Waals surface area contributed by atoms with Crippen molar-refractivity contribution >= 4 is 33.5 Å². The van der Waals surface area contributed by atoms with Gasteiger partial charge in [-0.15, -0.1) is 0 Å². The van der Waals surface area contributed by atoms with Crippen molar-refractivity contribution in [2.75, 3.05) is 29.0 Å². The van der Waals surface area contributed by atoms with Gasteiger partial charge < -0.3 is 4.90 Å². The zero-order valence-electron chi connectivity index (χ0n) is 15.6. The number of carbonyl (C=O) groups is 1. The normalized spacial score (nSPS) is 11.4. The average Bonchev–Trinajstić information content (AvgIpc) is 2.63. The molecule has 0 bridgehead atoms. The standard InChI is InChI=1S/C19H24N4O3S/c1-4-23(5-2)18-12-6-15(7-13-18)14-20-21-19(24)16-8-10-17(11-9-16)22-27(3,25)26/h6-14,22H,4-5H2,1-3H3,(H,21,24)/b20-14+. The lowest BCUT2D eigenvalue weighted by Gasteiger charge is -2.20. The molecule has 7 nitrogen and oxygen atoms in total. The molecule has 2 rings (SSSR count). The summed E-state index contributed by atoms with van der Waals surface area (Å²) in [5.41, 5.74) is 5.25. The van der Waals surface area contributed by atoms with Gasteiger partial charge in [-0.3, -0.25) is 9.52 Å². The fourth-order valence-corrected chi connectivity index (χ4v) is 3.06. The molecule has 144 valence electrons. The Bertz CT molecular complexity index is 888. The van der Waals surface area contributed by atoms with Crippen LogP contribution in [0.2, 0.25) is 0 Å². The Balaban J connectivity index is 1.94. The number of sulfonamides is 1. The molecule has 2 N–H and O–H groups in total. The maximum Gasteiger partial charge on any atom is 0.271 e. The lowest BCUT2D eigenvalue weighted by molar-refractivity contribution is 0.0955. The Hall–Kier alpha value is -2.87. The van der Waals surface area contributed by atoms with E-state index in [2.05, 4.69) is 34.0 Å². The molecule has 0 spiro atoms. The van der Waals surface area contributed by atoms with Crippen LogP contribution >= 0.6 is 0 Å². The van der Waals surface area contributed by atoms with Gasteiger partial charge in [0, 0.05) is 30.0 Å². The van der Waals surface area contributed by atoms with Crippen molar-refractivity contribution in [1.29, 1.82) is 0 Å². The number of amides is 1. The summed E-state index contributed by atoms with van der Waals surface area (Å²) >= 11 is 0. The zero-order chi connectivity index (χ0) is 19.9. The molecule has 0 saturated heterocycles. The van der Waals surface area contributed by atoms with Gasteiger partial charge in [0.2, 0.25) is 10.0 Å². The monoisotopic (exact) mass is 388 g/mol. The second-order valence-electron chi connectivity index (χ2n) is 5.91. The third-order valence-corrected chi connectivity index (χ3v) is 4.46. The molecule has 0 aliphatic carbocycles. The molecule has 0 aliphatic rings. The van der Waals surface area contributed by atoms with E-state index in [0.717, 1.165) is 30.6 Å². The van der Waals surface area contributed by atoms with Crippen LogP contribution in [-0.2, 0) is 10.0 Å². The van der Waals surface area contributed by atoms with E-state index in [4.69, 9.17) is 0 Å². The van der Waals surface area contributed by atoms with Gasteiger partial charge in [-0.05, 0) is 55.8 Å². The molecule has 0 atom stereocenters. The van der Waals surface area contributed by atoms with Crippen molar-refractivity contribution in [2.24, 2.45) is 5.10 Å². The van der Waals surface area contributed by atoms with Crippen LogP contribution in [0.5, 0.6) is 0 Å². The first kappa shape index (κ1) is 20.4. The van der Waals surface area contributed by atoms with E-state index in [-0.39, 0.29) is 5.91 Å². The van der Waals surface area contributed by atoms with Gasteiger partial charge in [0.1, 0.15) is 0 Å². The summed E-state index contributed by atoms with van der Waals surface area (Å²) in [6, 6.07) is 14.0. The molecule has 8 heteroatoms. The van der Waals surface area contributed by atoms with Gasteiger partial charge in [-0.2, -0.15) is 5.10 Å². The molecule has 0 saturated carbocycles. The molecule has 1 amide bonds. The largest absolute Gasteiger partial charge is 0.372 e. The Kier molecular flexibility index (Phi) is 6.95. The fraction of sp³-hybridized carbons (Fsp3) is 0.263. The zero-order valence-corrected chi connectivity index (χ0v) is 16.5. The minimum Gasteiger partial charge on any atom is -0.372 e. The maximum absolute atomic E-state index is 12.1. The molecular weight excluding hydrogens is 364 g/mol. The van der Waals surface area contributed by atoms with Crippen LogP contribution in [0.1, 0.15) is 29.8 Å². The van der Waals surface area contributed by atoms with E-state index >= 15 is 0 Å². The molecule has 0 fully saturated rings. The van der Waals surface area contributed by atoms with Crippen molar-refractivity contribution in [3.63, 3.8) is 0 Å². The molecule has 0 aromatic heterocycles. The number of benzene rings is 2. The minimum atomic E-state index is -3.34. The lowest BCUT2D eigenvalue weighted by Crippen LogP contribution is -2.21. The van der Waals surface area contributed by atoms with Crippen molar-refractivity contribution in [3.8, 4) is 0 Å². The van der Waals surface area contributed by atoms with Gasteiger partial charge >= 0.3 is 0 Å². The highest BCUT2D eigenvalue weighted by molar-refractivity contribution is 7.92. The Morgan fingerprint density at radius 1 is 1.04 bits per heavy atom. The minimum absolute atomic E-state index is 0.378. The first-order chi connectivity index (χ1) is 12.8. The number of nitrogens with one attached hydrogen (secondary N) is 2. The Labute approximate surface area is 160 Å². The lowest BCUT2D eigenvalue weighted by atomic mass is 10.2. The van der Waals surface area contributed by atoms with Gasteiger partial charge in [0.25, 0.3) is 5.91 Å². The summed E-state index contributed by atoms with van der Waals surface area (Å²) < 4.78 is 24.7. The highest BCUT2D eigenvalue weighted by Crippen LogP contribution is 2.14. The van der Waals surface area contributed by atoms with Crippen LogP contribution in [0.25, 0.3) is 0 Å². The van der Waals surface area contributed by atoms with E-state index < -0.39 is 10.0 Å². The van der Waals surface area contributed by atoms with Gasteiger partial charge in [-0.1, -0.05) is 12.1 Å². The molecule has 0 heterocycles. The SMILES string of the molecule is CCN(CC)c1ccc(/C=N/NC(=O)c2ccc(NS(C)(=O)=O)cc2)cc1. The summed E-state index contributed by atoms with van der Waals surface area (Å²) in [7, 11) is -3.34. The summed E-state index contributed by atoms with van der Waals surface area (Å²) in [6.07, 6.45) is 2.64. The highest BCUT2D eigenvalue weighted by atomic mass is 32.2. The molecule has 2 aromatic rings. The topological polar surface area (TPSA) is 90.9 Å². The van der Waals surface area contributed by atoms with E-state index in [1.54, 1.807) is 6.21 Å². The second-order valence-corrected chi connectivity index (χ2v) is 7.66. The van der Waals surface area contributed by atoms with Crippen LogP contribution in [-0.4, -0.2) is 39.9 Å². The first-order valence-electron chi connectivity index (χ1n) is 8.58. The average molecular weight is 388 g/mol. The molecular formula is C19H24N4O3S. The third kappa shape index (κ3) is 6.41. The summed E-state index contributed by atoms with van der Waals surface area (Å²) in [4.78, 5) is 14.3. The molecule has 0 aliphatic heterocycles. The molecule has 0 radical (unpaired) electrons. The second kappa shape index (κ2) is 9.18. The molecule has 27 heavy (non-hydrogen) atoms. The maximum atomic E-state index is 12.1. The third-order valence-electron chi connectivity index (χ3n) is 3.85. The van der Waals surface area contributed by atoms with Crippen LogP contribution in [0.3, 0.4) is 0 Å². The van der Waals surface area contributed by atoms with E-state index in [0.29, 0.717) is 11.3 Å². The summed E-state index contributed by atoms with van der Waals surface area (Å²) in [5.74, 6) is -0.378. The summed E-state index contributed by atoms with van der Waals surface area (Å²) in [6.45, 7) is 6.10. The van der Waals surface area contributed by atoms with Crippen molar-refractivity contribution in [1.82, 2.24) is 5.43 Å². The van der Waals surface area contributed by atoms with Crippen molar-refractivity contribution in [3.05, 3.63) is 59.7 Å². The number of carbonyl (C=O) groups excluding carboxylic acids is 1. The number of hydrazone groups is 1. The number of anilines is 2. The Morgan fingerprint density at radius 2 is 1.63 bits per heavy atom. The van der Waals surface area contributed by atoms with E-state index in [1.165, 1.54) is 24.3 Å². The number of hydrogen-bond acceptors (Lipinski definition) is 5. The molecule has 2 aromatic carbocycles. The number of hydrogen-bond donors (Lipinski definition) is 2.